The summed E-state index contributed by atoms with van der Waals surface area (Å²) in [6.45, 7) is 6.74. The summed E-state index contributed by atoms with van der Waals surface area (Å²) in [6.07, 6.45) is 1.02. The van der Waals surface area contributed by atoms with Crippen LogP contribution >= 0.6 is 0 Å². The Morgan fingerprint density at radius 3 is 2.00 bits per heavy atom. The van der Waals surface area contributed by atoms with Gasteiger partial charge in [-0.25, -0.2) is 0 Å². The zero-order valence-electron chi connectivity index (χ0n) is 17.1. The minimum atomic E-state index is -2.68. The van der Waals surface area contributed by atoms with E-state index in [2.05, 4.69) is 69.3 Å². The fraction of sp³-hybridized carbons (Fsp3) is 0.435. The molecular formula is C23H30O4Si. The Hall–Kier alpha value is -1.79. The molecule has 0 amide bonds. The summed E-state index contributed by atoms with van der Waals surface area (Å²) in [6, 6.07) is 21.0. The van der Waals surface area contributed by atoms with Crippen LogP contribution in [0.25, 0.3) is 0 Å². The average Bonchev–Trinajstić information content (AvgIpc) is 3.08. The highest BCUT2D eigenvalue weighted by Crippen LogP contribution is 2.40. The smallest absolute Gasteiger partial charge is 0.261 e. The van der Waals surface area contributed by atoms with Crippen LogP contribution < -0.4 is 10.4 Å². The lowest BCUT2D eigenvalue weighted by Crippen LogP contribution is -2.68. The molecule has 2 aromatic rings. The predicted molar refractivity (Wildman–Crippen MR) is 113 cm³/mol. The van der Waals surface area contributed by atoms with Gasteiger partial charge in [-0.1, -0.05) is 81.4 Å². The van der Waals surface area contributed by atoms with Crippen molar-refractivity contribution in [1.29, 1.82) is 0 Å². The van der Waals surface area contributed by atoms with Gasteiger partial charge in [0, 0.05) is 20.0 Å². The first-order valence-electron chi connectivity index (χ1n) is 9.83. The van der Waals surface area contributed by atoms with Crippen molar-refractivity contribution in [3.63, 3.8) is 0 Å². The van der Waals surface area contributed by atoms with Crippen molar-refractivity contribution in [2.75, 3.05) is 7.11 Å². The van der Waals surface area contributed by atoms with Crippen LogP contribution in [0.15, 0.2) is 60.7 Å². The lowest BCUT2D eigenvalue weighted by molar-refractivity contribution is -0.126. The Kier molecular flexibility index (Phi) is 6.50. The van der Waals surface area contributed by atoms with E-state index in [1.165, 1.54) is 10.4 Å². The number of carbonyl (C=O) groups excluding carboxylic acids is 1. The molecule has 1 aliphatic rings. The monoisotopic (exact) mass is 398 g/mol. The topological polar surface area (TPSA) is 44.8 Å². The third-order valence-electron chi connectivity index (χ3n) is 5.50. The van der Waals surface area contributed by atoms with Gasteiger partial charge in [-0.05, 0) is 15.4 Å². The third-order valence-corrected chi connectivity index (χ3v) is 10.6. The second-order valence-corrected chi connectivity index (χ2v) is 12.6. The molecule has 1 fully saturated rings. The maximum atomic E-state index is 11.2. The summed E-state index contributed by atoms with van der Waals surface area (Å²) < 4.78 is 18.5. The molecule has 0 saturated carbocycles. The van der Waals surface area contributed by atoms with Gasteiger partial charge in [-0.2, -0.15) is 0 Å². The van der Waals surface area contributed by atoms with Gasteiger partial charge in [-0.15, -0.1) is 0 Å². The van der Waals surface area contributed by atoms with E-state index in [1.807, 2.05) is 12.1 Å². The maximum absolute atomic E-state index is 11.2. The highest BCUT2D eigenvalue weighted by molar-refractivity contribution is 6.99. The average molecular weight is 399 g/mol. The predicted octanol–water partition coefficient (Wildman–Crippen LogP) is 3.28. The number of aldehydes is 1. The number of hydrogen-bond acceptors (Lipinski definition) is 4. The maximum Gasteiger partial charge on any atom is 0.261 e. The summed E-state index contributed by atoms with van der Waals surface area (Å²) >= 11 is 0. The molecule has 0 radical (unpaired) electrons. The number of carbonyl (C=O) groups is 1. The van der Waals surface area contributed by atoms with E-state index in [9.17, 15) is 4.79 Å². The Morgan fingerprint density at radius 2 is 1.57 bits per heavy atom. The molecule has 0 N–H and O–H groups in total. The van der Waals surface area contributed by atoms with Crippen molar-refractivity contribution in [3.8, 4) is 0 Å². The van der Waals surface area contributed by atoms with E-state index in [4.69, 9.17) is 13.9 Å². The van der Waals surface area contributed by atoms with Crippen molar-refractivity contribution in [2.45, 2.75) is 57.1 Å². The minimum absolute atomic E-state index is 0.118. The first-order chi connectivity index (χ1) is 13.4. The Labute approximate surface area is 169 Å². The highest BCUT2D eigenvalue weighted by atomic mass is 28.4. The normalized spacial score (nSPS) is 22.9. The molecule has 4 nitrogen and oxygen atoms in total. The second kappa shape index (κ2) is 8.70. The largest absolute Gasteiger partial charge is 0.402 e. The lowest BCUT2D eigenvalue weighted by Gasteiger charge is -2.45. The van der Waals surface area contributed by atoms with Crippen LogP contribution in [0.3, 0.4) is 0 Å². The summed E-state index contributed by atoms with van der Waals surface area (Å²) in [5, 5.41) is 2.32. The van der Waals surface area contributed by atoms with E-state index in [0.29, 0.717) is 12.8 Å². The Balaban J connectivity index is 2.12. The molecule has 0 aromatic heterocycles. The second-order valence-electron chi connectivity index (χ2n) is 8.30. The van der Waals surface area contributed by atoms with Crippen molar-refractivity contribution >= 4 is 25.0 Å². The summed E-state index contributed by atoms with van der Waals surface area (Å²) in [7, 11) is -1.05. The van der Waals surface area contributed by atoms with Gasteiger partial charge in [-0.3, -0.25) is 0 Å². The zero-order valence-corrected chi connectivity index (χ0v) is 18.1. The standard InChI is InChI=1S/C23H30O4Si/c1-23(2,3)28(18-11-7-5-8-12-18,19-13-9-6-10-14-19)27-21-17-22(25-4)26-20(21)15-16-24/h5-14,16,20-22H,15,17H2,1-4H3/t20-,21+,22?/m1/s1. The molecule has 5 heteroatoms. The number of ether oxygens (including phenoxy) is 2. The molecule has 1 heterocycles. The van der Waals surface area contributed by atoms with E-state index >= 15 is 0 Å². The van der Waals surface area contributed by atoms with E-state index in [0.717, 1.165) is 6.29 Å². The van der Waals surface area contributed by atoms with Crippen LogP contribution in [0.5, 0.6) is 0 Å². The number of rotatable bonds is 7. The molecule has 0 spiro atoms. The van der Waals surface area contributed by atoms with Crippen LogP contribution in [-0.4, -0.2) is 40.2 Å². The van der Waals surface area contributed by atoms with Gasteiger partial charge in [0.15, 0.2) is 6.29 Å². The van der Waals surface area contributed by atoms with Crippen LogP contribution in [-0.2, 0) is 18.7 Å². The molecular weight excluding hydrogens is 368 g/mol. The van der Waals surface area contributed by atoms with Gasteiger partial charge in [0.2, 0.25) is 0 Å². The summed E-state index contributed by atoms with van der Waals surface area (Å²) in [5.74, 6) is 0. The SMILES string of the molecule is COC1C[C@H](O[Si](c2ccccc2)(c2ccccc2)C(C)(C)C)[C@@H](CC=O)O1. The molecule has 0 aliphatic carbocycles. The fourth-order valence-corrected chi connectivity index (χ4v) is 8.89. The number of hydrogen-bond donors (Lipinski definition) is 0. The van der Waals surface area contributed by atoms with E-state index < -0.39 is 8.32 Å². The van der Waals surface area contributed by atoms with Gasteiger partial charge in [0.25, 0.3) is 8.32 Å². The summed E-state index contributed by atoms with van der Waals surface area (Å²) in [5.41, 5.74) is 0. The summed E-state index contributed by atoms with van der Waals surface area (Å²) in [4.78, 5) is 11.2. The van der Waals surface area contributed by atoms with Gasteiger partial charge in [0.05, 0.1) is 12.2 Å². The highest BCUT2D eigenvalue weighted by Gasteiger charge is 2.53. The molecule has 3 atom stereocenters. The molecule has 0 bridgehead atoms. The van der Waals surface area contributed by atoms with E-state index in [1.54, 1.807) is 7.11 Å². The van der Waals surface area contributed by atoms with Crippen molar-refractivity contribution in [3.05, 3.63) is 60.7 Å². The van der Waals surface area contributed by atoms with Crippen molar-refractivity contribution in [2.24, 2.45) is 0 Å². The lowest BCUT2D eigenvalue weighted by atomic mass is 10.1. The first-order valence-corrected chi connectivity index (χ1v) is 11.7. The van der Waals surface area contributed by atoms with E-state index in [-0.39, 0.29) is 23.5 Å². The Bertz CT molecular complexity index is 718. The minimum Gasteiger partial charge on any atom is -0.402 e. The molecule has 3 rings (SSSR count). The van der Waals surface area contributed by atoms with Crippen LogP contribution in [0, 0.1) is 0 Å². The molecule has 150 valence electrons. The molecule has 1 aliphatic heterocycles. The molecule has 2 aromatic carbocycles. The molecule has 28 heavy (non-hydrogen) atoms. The van der Waals surface area contributed by atoms with Crippen LogP contribution in [0.1, 0.15) is 33.6 Å². The zero-order chi connectivity index (χ0) is 20.2. The van der Waals surface area contributed by atoms with Crippen LogP contribution in [0.4, 0.5) is 0 Å². The molecule has 1 saturated heterocycles. The number of methoxy groups -OCH3 is 1. The van der Waals surface area contributed by atoms with Gasteiger partial charge >= 0.3 is 0 Å². The molecule has 1 unspecified atom stereocenters. The quantitative estimate of drug-likeness (QED) is 0.530. The fourth-order valence-electron chi connectivity index (χ4n) is 4.18. The van der Waals surface area contributed by atoms with Crippen molar-refractivity contribution < 1.29 is 18.7 Å². The van der Waals surface area contributed by atoms with Crippen molar-refractivity contribution in [1.82, 2.24) is 0 Å². The van der Waals surface area contributed by atoms with Crippen LogP contribution in [0.2, 0.25) is 5.04 Å². The third kappa shape index (κ3) is 3.98. The first kappa shape index (κ1) is 20.9. The Morgan fingerprint density at radius 1 is 1.04 bits per heavy atom. The van der Waals surface area contributed by atoms with Gasteiger partial charge < -0.3 is 18.7 Å². The number of benzene rings is 2. The van der Waals surface area contributed by atoms with Gasteiger partial charge in [0.1, 0.15) is 6.29 Å².